The van der Waals surface area contributed by atoms with Crippen molar-refractivity contribution in [1.29, 1.82) is 0 Å². The summed E-state index contributed by atoms with van der Waals surface area (Å²) in [6.45, 7) is 3.36. The van der Waals surface area contributed by atoms with Gasteiger partial charge in [-0.15, -0.1) is 0 Å². The molecule has 1 spiro atoms. The first-order chi connectivity index (χ1) is 8.68. The van der Waals surface area contributed by atoms with Gasteiger partial charge in [0.1, 0.15) is 0 Å². The molecule has 1 N–H and O–H groups in total. The van der Waals surface area contributed by atoms with Crippen LogP contribution >= 0.6 is 0 Å². The third kappa shape index (κ3) is 2.75. The van der Waals surface area contributed by atoms with E-state index in [-0.39, 0.29) is 18.3 Å². The van der Waals surface area contributed by atoms with E-state index in [0.29, 0.717) is 13.2 Å². The zero-order valence-corrected chi connectivity index (χ0v) is 10.9. The van der Waals surface area contributed by atoms with Crippen molar-refractivity contribution < 1.29 is 19.4 Å². The smallest absolute Gasteiger partial charge is 0.303 e. The quantitative estimate of drug-likeness (QED) is 0.766. The predicted octanol–water partition coefficient (Wildman–Crippen LogP) is 2.59. The Kier molecular flexibility index (Phi) is 4.40. The van der Waals surface area contributed by atoms with Gasteiger partial charge in [-0.1, -0.05) is 19.1 Å². The lowest BCUT2D eigenvalue weighted by atomic mass is 9.87. The Bertz CT molecular complexity index is 318. The number of carboxylic acid groups (broad SMARTS) is 1. The Labute approximate surface area is 108 Å². The summed E-state index contributed by atoms with van der Waals surface area (Å²) in [5.41, 5.74) is 0. The number of aliphatic carboxylic acids is 1. The topological polar surface area (TPSA) is 55.8 Å². The minimum Gasteiger partial charge on any atom is -0.481 e. The molecule has 0 aromatic rings. The first-order valence-electron chi connectivity index (χ1n) is 6.82. The first kappa shape index (κ1) is 13.6. The van der Waals surface area contributed by atoms with E-state index in [9.17, 15) is 4.79 Å². The van der Waals surface area contributed by atoms with Crippen molar-refractivity contribution in [2.24, 2.45) is 11.8 Å². The highest BCUT2D eigenvalue weighted by Gasteiger charge is 2.52. The molecule has 2 rings (SSSR count). The summed E-state index contributed by atoms with van der Waals surface area (Å²) < 4.78 is 11.6. The van der Waals surface area contributed by atoms with E-state index in [1.165, 1.54) is 0 Å². The largest absolute Gasteiger partial charge is 0.481 e. The van der Waals surface area contributed by atoms with Gasteiger partial charge in [0.25, 0.3) is 0 Å². The number of ether oxygens (including phenoxy) is 2. The fourth-order valence-corrected chi connectivity index (χ4v) is 3.21. The normalized spacial score (nSPS) is 30.5. The Morgan fingerprint density at radius 1 is 1.39 bits per heavy atom. The van der Waals surface area contributed by atoms with Crippen molar-refractivity contribution >= 4 is 5.97 Å². The molecule has 1 aliphatic heterocycles. The number of hydrogen-bond acceptors (Lipinski definition) is 3. The maximum absolute atomic E-state index is 10.9. The van der Waals surface area contributed by atoms with Crippen molar-refractivity contribution in [3.8, 4) is 0 Å². The first-order valence-corrected chi connectivity index (χ1v) is 6.82. The van der Waals surface area contributed by atoms with Crippen molar-refractivity contribution in [1.82, 2.24) is 0 Å². The van der Waals surface area contributed by atoms with E-state index in [2.05, 4.69) is 19.1 Å². The monoisotopic (exact) mass is 254 g/mol. The molecule has 1 saturated carbocycles. The number of carboxylic acids is 1. The fourth-order valence-electron chi connectivity index (χ4n) is 3.21. The Morgan fingerprint density at radius 2 is 2.11 bits per heavy atom. The number of carbonyl (C=O) groups is 1. The molecule has 1 heterocycles. The molecule has 0 amide bonds. The van der Waals surface area contributed by atoms with E-state index >= 15 is 0 Å². The highest BCUT2D eigenvalue weighted by Crippen LogP contribution is 2.48. The lowest BCUT2D eigenvalue weighted by molar-refractivity contribution is -0.186. The predicted molar refractivity (Wildman–Crippen MR) is 67.1 cm³/mol. The molecule has 4 nitrogen and oxygen atoms in total. The van der Waals surface area contributed by atoms with Gasteiger partial charge in [0.15, 0.2) is 5.79 Å². The van der Waals surface area contributed by atoms with Gasteiger partial charge in [0, 0.05) is 18.8 Å². The second-order valence-corrected chi connectivity index (χ2v) is 5.13. The van der Waals surface area contributed by atoms with Crippen LogP contribution in [0.5, 0.6) is 0 Å². The molecule has 102 valence electrons. The Morgan fingerprint density at radius 3 is 2.72 bits per heavy atom. The number of allylic oxidation sites excluding steroid dienone is 2. The third-order valence-electron chi connectivity index (χ3n) is 4.00. The summed E-state index contributed by atoms with van der Waals surface area (Å²) in [6, 6.07) is 0. The van der Waals surface area contributed by atoms with Gasteiger partial charge in [-0.2, -0.15) is 0 Å². The zero-order valence-electron chi connectivity index (χ0n) is 10.9. The lowest BCUT2D eigenvalue weighted by Gasteiger charge is -2.31. The standard InChI is InChI=1S/C14H22O4/c1-2-3-4-5-12-11(10-13(15)16)6-7-14(12)17-8-9-18-14/h3-4,11-12H,2,5-10H2,1H3,(H,15,16)/b4-3-/t11-,12-/m1/s1. The van der Waals surface area contributed by atoms with Crippen LogP contribution in [-0.4, -0.2) is 30.1 Å². The van der Waals surface area contributed by atoms with Crippen LogP contribution in [0.25, 0.3) is 0 Å². The fraction of sp³-hybridized carbons (Fsp3) is 0.786. The number of rotatable bonds is 5. The van der Waals surface area contributed by atoms with Crippen molar-refractivity contribution in [3.05, 3.63) is 12.2 Å². The van der Waals surface area contributed by atoms with E-state index < -0.39 is 11.8 Å². The van der Waals surface area contributed by atoms with Crippen LogP contribution in [0.15, 0.2) is 12.2 Å². The summed E-state index contributed by atoms with van der Waals surface area (Å²) in [6.07, 6.45) is 8.05. The molecule has 1 saturated heterocycles. The maximum Gasteiger partial charge on any atom is 0.303 e. The summed E-state index contributed by atoms with van der Waals surface area (Å²) in [5, 5.41) is 8.99. The van der Waals surface area contributed by atoms with Crippen LogP contribution in [0.4, 0.5) is 0 Å². The van der Waals surface area contributed by atoms with Gasteiger partial charge in [0.05, 0.1) is 13.2 Å². The van der Waals surface area contributed by atoms with E-state index in [0.717, 1.165) is 25.7 Å². The summed E-state index contributed by atoms with van der Waals surface area (Å²) in [7, 11) is 0. The van der Waals surface area contributed by atoms with E-state index in [1.807, 2.05) is 0 Å². The summed E-state index contributed by atoms with van der Waals surface area (Å²) in [4.78, 5) is 10.9. The van der Waals surface area contributed by atoms with E-state index in [4.69, 9.17) is 14.6 Å². The average Bonchev–Trinajstić information content (AvgIpc) is 2.91. The highest BCUT2D eigenvalue weighted by molar-refractivity contribution is 5.67. The van der Waals surface area contributed by atoms with Gasteiger partial charge in [-0.25, -0.2) is 0 Å². The van der Waals surface area contributed by atoms with Gasteiger partial charge >= 0.3 is 5.97 Å². The van der Waals surface area contributed by atoms with E-state index in [1.54, 1.807) is 0 Å². The SMILES string of the molecule is CC/C=C\C[C@@H]1[C@@H](CC(=O)O)CCC12OCCO2. The second-order valence-electron chi connectivity index (χ2n) is 5.13. The lowest BCUT2D eigenvalue weighted by Crippen LogP contribution is -2.36. The van der Waals surface area contributed by atoms with Crippen molar-refractivity contribution in [2.75, 3.05) is 13.2 Å². The molecule has 2 aliphatic rings. The van der Waals surface area contributed by atoms with Gasteiger partial charge in [-0.05, 0) is 25.2 Å². The van der Waals surface area contributed by atoms with Crippen LogP contribution in [0.3, 0.4) is 0 Å². The molecule has 18 heavy (non-hydrogen) atoms. The molecule has 4 heteroatoms. The number of hydrogen-bond donors (Lipinski definition) is 1. The Hall–Kier alpha value is -0.870. The van der Waals surface area contributed by atoms with Crippen molar-refractivity contribution in [2.45, 2.75) is 44.8 Å². The van der Waals surface area contributed by atoms with Crippen molar-refractivity contribution in [3.63, 3.8) is 0 Å². The third-order valence-corrected chi connectivity index (χ3v) is 4.00. The van der Waals surface area contributed by atoms with Crippen LogP contribution in [0.2, 0.25) is 0 Å². The molecule has 0 bridgehead atoms. The van der Waals surface area contributed by atoms with Crippen LogP contribution in [-0.2, 0) is 14.3 Å². The molecule has 0 aromatic carbocycles. The summed E-state index contributed by atoms with van der Waals surface area (Å²) in [5.74, 6) is -0.876. The Balaban J connectivity index is 2.07. The second kappa shape index (κ2) is 5.85. The maximum atomic E-state index is 10.9. The van der Waals surface area contributed by atoms with Gasteiger partial charge in [0.2, 0.25) is 0 Å². The molecular weight excluding hydrogens is 232 g/mol. The molecule has 1 aliphatic carbocycles. The van der Waals surface area contributed by atoms with Gasteiger partial charge < -0.3 is 14.6 Å². The molecule has 2 fully saturated rings. The minimum atomic E-state index is -0.723. The molecule has 0 radical (unpaired) electrons. The molecule has 0 unspecified atom stereocenters. The zero-order chi connectivity index (χ0) is 13.0. The minimum absolute atomic E-state index is 0.169. The highest BCUT2D eigenvalue weighted by atomic mass is 16.7. The molecular formula is C14H22O4. The summed E-state index contributed by atoms with van der Waals surface area (Å²) >= 11 is 0. The van der Waals surface area contributed by atoms with Crippen LogP contribution in [0.1, 0.15) is 39.0 Å². The molecule has 2 atom stereocenters. The average molecular weight is 254 g/mol. The van der Waals surface area contributed by atoms with Gasteiger partial charge in [-0.3, -0.25) is 4.79 Å². The van der Waals surface area contributed by atoms with Crippen LogP contribution in [0, 0.1) is 11.8 Å². The molecule has 0 aromatic heterocycles. The van der Waals surface area contributed by atoms with Crippen LogP contribution < -0.4 is 0 Å².